The highest BCUT2D eigenvalue weighted by molar-refractivity contribution is 6.99. The zero-order chi connectivity index (χ0) is 23.7. The SMILES string of the molecule is COc1ccc(COCC[C@@H](C=O)O[Si](c2ccccc2)(c2ccccc2)C(C)(C)C)cc1. The van der Waals surface area contributed by atoms with E-state index in [1.54, 1.807) is 7.11 Å². The minimum absolute atomic E-state index is 0.180. The first-order valence-electron chi connectivity index (χ1n) is 11.4. The molecule has 0 radical (unpaired) electrons. The summed E-state index contributed by atoms with van der Waals surface area (Å²) >= 11 is 0. The third-order valence-electron chi connectivity index (χ3n) is 5.87. The average Bonchev–Trinajstić information content (AvgIpc) is 2.84. The summed E-state index contributed by atoms with van der Waals surface area (Å²) in [5.74, 6) is 0.818. The van der Waals surface area contributed by atoms with E-state index in [4.69, 9.17) is 13.9 Å². The molecule has 0 N–H and O–H groups in total. The maximum Gasteiger partial charge on any atom is 0.262 e. The van der Waals surface area contributed by atoms with Crippen LogP contribution < -0.4 is 15.1 Å². The second-order valence-electron chi connectivity index (χ2n) is 9.14. The van der Waals surface area contributed by atoms with Crippen molar-refractivity contribution in [3.05, 3.63) is 90.5 Å². The molecule has 174 valence electrons. The van der Waals surface area contributed by atoms with Gasteiger partial charge >= 0.3 is 0 Å². The molecule has 0 saturated carbocycles. The Morgan fingerprint density at radius 2 is 1.39 bits per heavy atom. The van der Waals surface area contributed by atoms with Crippen LogP contribution in [0.1, 0.15) is 32.8 Å². The van der Waals surface area contributed by atoms with Crippen LogP contribution in [0, 0.1) is 0 Å². The van der Waals surface area contributed by atoms with Crippen molar-refractivity contribution in [2.24, 2.45) is 0 Å². The lowest BCUT2D eigenvalue weighted by Gasteiger charge is -2.44. The molecule has 0 spiro atoms. The first-order chi connectivity index (χ1) is 15.9. The standard InChI is InChI=1S/C28H34O4Si/c1-28(2,3)33(26-11-7-5-8-12-26,27-13-9-6-10-14-27)32-25(21-29)19-20-31-22-23-15-17-24(30-4)18-16-23/h5-18,21,25H,19-20,22H2,1-4H3/t25-/m0/s1. The Morgan fingerprint density at radius 3 is 1.85 bits per heavy atom. The van der Waals surface area contributed by atoms with Gasteiger partial charge in [0.05, 0.1) is 13.7 Å². The monoisotopic (exact) mass is 462 g/mol. The Morgan fingerprint density at radius 1 is 0.848 bits per heavy atom. The van der Waals surface area contributed by atoms with Gasteiger partial charge in [-0.25, -0.2) is 0 Å². The summed E-state index contributed by atoms with van der Waals surface area (Å²) in [6, 6.07) is 28.5. The lowest BCUT2D eigenvalue weighted by Crippen LogP contribution is -2.67. The van der Waals surface area contributed by atoms with Gasteiger partial charge in [0.1, 0.15) is 18.1 Å². The van der Waals surface area contributed by atoms with E-state index in [1.807, 2.05) is 60.7 Å². The van der Waals surface area contributed by atoms with Crippen molar-refractivity contribution in [2.45, 2.75) is 44.9 Å². The number of carbonyl (C=O) groups is 1. The molecule has 5 heteroatoms. The van der Waals surface area contributed by atoms with Crippen molar-refractivity contribution in [3.8, 4) is 5.75 Å². The molecule has 4 nitrogen and oxygen atoms in total. The van der Waals surface area contributed by atoms with Gasteiger partial charge in [0, 0.05) is 13.0 Å². The Hall–Kier alpha value is -2.73. The van der Waals surface area contributed by atoms with Crippen LogP contribution in [0.3, 0.4) is 0 Å². The van der Waals surface area contributed by atoms with Crippen molar-refractivity contribution < 1.29 is 18.7 Å². The molecule has 0 aliphatic heterocycles. The van der Waals surface area contributed by atoms with E-state index < -0.39 is 14.4 Å². The number of ether oxygens (including phenoxy) is 2. The fraction of sp³-hybridized carbons (Fsp3) is 0.321. The van der Waals surface area contributed by atoms with Gasteiger partial charge in [-0.15, -0.1) is 0 Å². The van der Waals surface area contributed by atoms with Gasteiger partial charge in [-0.05, 0) is 33.1 Å². The van der Waals surface area contributed by atoms with E-state index in [2.05, 4.69) is 45.0 Å². The first kappa shape index (κ1) is 24.9. The number of hydrogen-bond donors (Lipinski definition) is 0. The highest BCUT2D eigenvalue weighted by Crippen LogP contribution is 2.37. The highest BCUT2D eigenvalue weighted by Gasteiger charge is 2.51. The number of carbonyl (C=O) groups excluding carboxylic acids is 1. The Kier molecular flexibility index (Phi) is 8.61. The fourth-order valence-corrected chi connectivity index (χ4v) is 8.83. The van der Waals surface area contributed by atoms with Gasteiger partial charge in [0.2, 0.25) is 0 Å². The number of benzene rings is 3. The second-order valence-corrected chi connectivity index (χ2v) is 13.4. The maximum absolute atomic E-state index is 12.1. The zero-order valence-electron chi connectivity index (χ0n) is 20.0. The lowest BCUT2D eigenvalue weighted by atomic mass is 10.2. The molecule has 0 unspecified atom stereocenters. The third-order valence-corrected chi connectivity index (χ3v) is 10.9. The summed E-state index contributed by atoms with van der Waals surface area (Å²) in [5.41, 5.74) is 1.06. The fourth-order valence-electron chi connectivity index (χ4n) is 4.18. The summed E-state index contributed by atoms with van der Waals surface area (Å²) < 4.78 is 17.9. The number of hydrogen-bond acceptors (Lipinski definition) is 4. The Labute approximate surface area is 198 Å². The maximum atomic E-state index is 12.1. The minimum atomic E-state index is -2.77. The smallest absolute Gasteiger partial charge is 0.262 e. The van der Waals surface area contributed by atoms with Crippen molar-refractivity contribution >= 4 is 25.0 Å². The molecular weight excluding hydrogens is 428 g/mol. The van der Waals surface area contributed by atoms with Crippen LogP contribution in [-0.4, -0.2) is 34.4 Å². The average molecular weight is 463 g/mol. The molecule has 0 aliphatic carbocycles. The topological polar surface area (TPSA) is 44.8 Å². The second kappa shape index (κ2) is 11.4. The number of rotatable bonds is 11. The van der Waals surface area contributed by atoms with E-state index in [9.17, 15) is 4.79 Å². The number of methoxy groups -OCH3 is 1. The van der Waals surface area contributed by atoms with E-state index in [-0.39, 0.29) is 5.04 Å². The van der Waals surface area contributed by atoms with Crippen LogP contribution in [0.5, 0.6) is 5.75 Å². The van der Waals surface area contributed by atoms with Gasteiger partial charge in [-0.2, -0.15) is 0 Å². The molecule has 0 aromatic heterocycles. The largest absolute Gasteiger partial charge is 0.497 e. The van der Waals surface area contributed by atoms with E-state index in [1.165, 1.54) is 0 Å². The molecule has 3 rings (SSSR count). The quantitative estimate of drug-likeness (QED) is 0.234. The molecule has 1 atom stereocenters. The van der Waals surface area contributed by atoms with Crippen LogP contribution in [0.2, 0.25) is 5.04 Å². The van der Waals surface area contributed by atoms with Gasteiger partial charge in [-0.3, -0.25) is 0 Å². The molecule has 0 fully saturated rings. The van der Waals surface area contributed by atoms with Gasteiger partial charge < -0.3 is 18.7 Å². The normalized spacial score (nSPS) is 12.8. The van der Waals surface area contributed by atoms with Crippen molar-refractivity contribution in [3.63, 3.8) is 0 Å². The zero-order valence-corrected chi connectivity index (χ0v) is 21.0. The first-order valence-corrected chi connectivity index (χ1v) is 13.3. The molecule has 0 bridgehead atoms. The molecule has 3 aromatic rings. The van der Waals surface area contributed by atoms with E-state index in [0.717, 1.165) is 28.0 Å². The third kappa shape index (κ3) is 5.99. The van der Waals surface area contributed by atoms with E-state index >= 15 is 0 Å². The summed E-state index contributed by atoms with van der Waals surface area (Å²) in [4.78, 5) is 12.1. The van der Waals surface area contributed by atoms with Crippen LogP contribution in [0.4, 0.5) is 0 Å². The van der Waals surface area contributed by atoms with Crippen LogP contribution in [-0.2, 0) is 20.6 Å². The summed E-state index contributed by atoms with van der Waals surface area (Å²) in [6.07, 6.45) is 0.882. The molecular formula is C28H34O4Si. The highest BCUT2D eigenvalue weighted by atomic mass is 28.4. The van der Waals surface area contributed by atoms with Gasteiger partial charge in [-0.1, -0.05) is 93.6 Å². The van der Waals surface area contributed by atoms with Gasteiger partial charge in [0.25, 0.3) is 8.32 Å². The summed E-state index contributed by atoms with van der Waals surface area (Å²) in [6.45, 7) is 7.55. The Bertz CT molecular complexity index is 942. The number of aldehydes is 1. The van der Waals surface area contributed by atoms with Crippen LogP contribution in [0.15, 0.2) is 84.9 Å². The summed E-state index contributed by atoms with van der Waals surface area (Å²) in [7, 11) is -1.12. The van der Waals surface area contributed by atoms with Gasteiger partial charge in [0.15, 0.2) is 0 Å². The molecule has 0 aliphatic rings. The minimum Gasteiger partial charge on any atom is -0.497 e. The van der Waals surface area contributed by atoms with Crippen LogP contribution >= 0.6 is 0 Å². The predicted molar refractivity (Wildman–Crippen MR) is 136 cm³/mol. The molecule has 0 saturated heterocycles. The Balaban J connectivity index is 1.78. The molecule has 3 aromatic carbocycles. The van der Waals surface area contributed by atoms with Crippen molar-refractivity contribution in [1.82, 2.24) is 0 Å². The lowest BCUT2D eigenvalue weighted by molar-refractivity contribution is -0.114. The van der Waals surface area contributed by atoms with Crippen molar-refractivity contribution in [1.29, 1.82) is 0 Å². The molecule has 33 heavy (non-hydrogen) atoms. The molecule has 0 amide bonds. The summed E-state index contributed by atoms with van der Waals surface area (Å²) in [5, 5.41) is 2.14. The van der Waals surface area contributed by atoms with E-state index in [0.29, 0.717) is 19.6 Å². The predicted octanol–water partition coefficient (Wildman–Crippen LogP) is 4.75. The van der Waals surface area contributed by atoms with Crippen molar-refractivity contribution in [2.75, 3.05) is 13.7 Å². The van der Waals surface area contributed by atoms with Crippen LogP contribution in [0.25, 0.3) is 0 Å². The molecule has 0 heterocycles.